The minimum Gasteiger partial charge on any atom is -0.309 e. The molecule has 0 aromatic heterocycles. The number of allylic oxidation sites excluding steroid dienone is 4. The molecule has 2 nitrogen and oxygen atoms in total. The molecular formula is C39H54N2S. The van der Waals surface area contributed by atoms with Gasteiger partial charge in [-0.05, 0) is 90.6 Å². The lowest BCUT2D eigenvalue weighted by Gasteiger charge is -2.24. The van der Waals surface area contributed by atoms with Crippen molar-refractivity contribution >= 4 is 11.9 Å². The monoisotopic (exact) mass is 582 g/mol. The first-order valence-electron chi connectivity index (χ1n) is 16.1. The second-order valence-electron chi connectivity index (χ2n) is 12.2. The molecule has 3 aromatic rings. The van der Waals surface area contributed by atoms with E-state index in [1.807, 2.05) is 48.3 Å². The van der Waals surface area contributed by atoms with E-state index in [1.165, 1.54) is 46.4 Å². The summed E-state index contributed by atoms with van der Waals surface area (Å²) < 4.78 is 3.77. The summed E-state index contributed by atoms with van der Waals surface area (Å²) >= 11 is 1.83. The molecule has 0 aliphatic heterocycles. The molecule has 0 heterocycles. The highest BCUT2D eigenvalue weighted by Gasteiger charge is 2.19. The Hall–Kier alpha value is -2.59. The van der Waals surface area contributed by atoms with Gasteiger partial charge in [0.05, 0.1) is 0 Å². The third-order valence-electron chi connectivity index (χ3n) is 7.81. The molecule has 0 fully saturated rings. The fraction of sp³-hybridized carbons (Fsp3) is 0.436. The molecule has 0 bridgehead atoms. The van der Waals surface area contributed by atoms with Gasteiger partial charge in [-0.1, -0.05) is 144 Å². The van der Waals surface area contributed by atoms with Gasteiger partial charge < -0.3 is 5.32 Å². The van der Waals surface area contributed by atoms with Gasteiger partial charge in [0.2, 0.25) is 0 Å². The first-order valence-corrected chi connectivity index (χ1v) is 16.9. The van der Waals surface area contributed by atoms with Gasteiger partial charge in [0, 0.05) is 17.5 Å². The van der Waals surface area contributed by atoms with Crippen LogP contribution in [0.15, 0.2) is 108 Å². The molecule has 1 aliphatic carbocycles. The maximum atomic E-state index is 3.85. The van der Waals surface area contributed by atoms with E-state index in [9.17, 15) is 0 Å². The van der Waals surface area contributed by atoms with Crippen molar-refractivity contribution < 1.29 is 0 Å². The van der Waals surface area contributed by atoms with E-state index < -0.39 is 0 Å². The second-order valence-corrected chi connectivity index (χ2v) is 13.1. The summed E-state index contributed by atoms with van der Waals surface area (Å²) in [6, 6.07) is 28.1. The van der Waals surface area contributed by atoms with Crippen molar-refractivity contribution in [3.63, 3.8) is 0 Å². The second kappa shape index (κ2) is 18.8. The Kier molecular flexibility index (Phi) is 15.2. The summed E-state index contributed by atoms with van der Waals surface area (Å²) in [5.74, 6) is 1.55. The minimum absolute atomic E-state index is 0.301. The molecule has 2 N–H and O–H groups in total. The van der Waals surface area contributed by atoms with Gasteiger partial charge in [-0.15, -0.1) is 0 Å². The molecule has 0 spiro atoms. The van der Waals surface area contributed by atoms with E-state index >= 15 is 0 Å². The highest BCUT2D eigenvalue weighted by molar-refractivity contribution is 7.97. The highest BCUT2D eigenvalue weighted by atomic mass is 32.2. The summed E-state index contributed by atoms with van der Waals surface area (Å²) in [4.78, 5) is 1.42. The zero-order valence-corrected chi connectivity index (χ0v) is 27.7. The summed E-state index contributed by atoms with van der Waals surface area (Å²) in [6.45, 7) is 15.8. The fourth-order valence-corrected chi connectivity index (χ4v) is 6.41. The van der Waals surface area contributed by atoms with Gasteiger partial charge in [-0.3, -0.25) is 4.72 Å². The molecule has 3 heteroatoms. The van der Waals surface area contributed by atoms with E-state index in [-0.39, 0.29) is 0 Å². The molecular weight excluding hydrogens is 529 g/mol. The SMILES string of the molecule is CC(C)c1cc(C(C)C)c(SNCC(NCCCCC2=CCC=CC2)c2ccccc2)c(C(C)C)c1.c1ccccc1. The third kappa shape index (κ3) is 11.6. The Morgan fingerprint density at radius 3 is 1.81 bits per heavy atom. The quantitative estimate of drug-likeness (QED) is 0.112. The zero-order valence-electron chi connectivity index (χ0n) is 26.9. The molecule has 0 saturated heterocycles. The fourth-order valence-electron chi connectivity index (χ4n) is 5.19. The van der Waals surface area contributed by atoms with Gasteiger partial charge in [0.15, 0.2) is 0 Å². The Morgan fingerprint density at radius 2 is 1.29 bits per heavy atom. The summed E-state index contributed by atoms with van der Waals surface area (Å²) in [6.07, 6.45) is 13.0. The lowest BCUT2D eigenvalue weighted by molar-refractivity contribution is 0.512. The molecule has 3 aromatic carbocycles. The predicted molar refractivity (Wildman–Crippen MR) is 187 cm³/mol. The van der Waals surface area contributed by atoms with Gasteiger partial charge in [-0.25, -0.2) is 0 Å². The average Bonchev–Trinajstić information content (AvgIpc) is 3.01. The highest BCUT2D eigenvalue weighted by Crippen LogP contribution is 2.37. The molecule has 0 amide bonds. The topological polar surface area (TPSA) is 24.1 Å². The van der Waals surface area contributed by atoms with Gasteiger partial charge in [-0.2, -0.15) is 0 Å². The average molecular weight is 583 g/mol. The third-order valence-corrected chi connectivity index (χ3v) is 8.80. The molecule has 1 aliphatic rings. The summed E-state index contributed by atoms with van der Waals surface area (Å²) in [7, 11) is 0. The Balaban J connectivity index is 0.000000715. The maximum Gasteiger partial charge on any atom is 0.0456 e. The predicted octanol–water partition coefficient (Wildman–Crippen LogP) is 11.1. The molecule has 1 unspecified atom stereocenters. The van der Waals surface area contributed by atoms with E-state index in [1.54, 1.807) is 5.57 Å². The van der Waals surface area contributed by atoms with Crippen LogP contribution in [0.2, 0.25) is 0 Å². The van der Waals surface area contributed by atoms with Crippen molar-refractivity contribution in [2.24, 2.45) is 0 Å². The van der Waals surface area contributed by atoms with E-state index in [2.05, 4.69) is 112 Å². The van der Waals surface area contributed by atoms with E-state index in [4.69, 9.17) is 0 Å². The number of rotatable bonds is 14. The Bertz CT molecular complexity index is 1160. The van der Waals surface area contributed by atoms with Crippen LogP contribution in [0.25, 0.3) is 0 Å². The van der Waals surface area contributed by atoms with Crippen molar-refractivity contribution in [1.82, 2.24) is 10.0 Å². The standard InChI is InChI=1S/C33H48N2S.C6H6/c1-24(2)29-21-30(25(3)4)33(31(22-29)26(5)6)36-35-23-32(28-18-11-8-12-19-28)34-20-14-13-17-27-15-9-7-10-16-27;1-2-4-6-5-3-1/h7-9,11-12,16,18-19,21-22,24-26,32,34-35H,10,13-15,17,20,23H2,1-6H3;1-6H. The first-order chi connectivity index (χ1) is 20.4. The molecule has 42 heavy (non-hydrogen) atoms. The number of benzene rings is 3. The van der Waals surface area contributed by atoms with Crippen LogP contribution in [0, 0.1) is 0 Å². The number of hydrogen-bond acceptors (Lipinski definition) is 3. The van der Waals surface area contributed by atoms with Crippen molar-refractivity contribution in [3.05, 3.63) is 125 Å². The smallest absolute Gasteiger partial charge is 0.0456 e. The van der Waals surface area contributed by atoms with Crippen molar-refractivity contribution in [2.75, 3.05) is 13.1 Å². The first kappa shape index (κ1) is 33.9. The lowest BCUT2D eigenvalue weighted by atomic mass is 9.89. The van der Waals surface area contributed by atoms with Crippen molar-refractivity contribution in [1.29, 1.82) is 0 Å². The van der Waals surface area contributed by atoms with Crippen LogP contribution in [-0.4, -0.2) is 13.1 Å². The van der Waals surface area contributed by atoms with Crippen LogP contribution in [0.5, 0.6) is 0 Å². The zero-order chi connectivity index (χ0) is 30.2. The van der Waals surface area contributed by atoms with Crippen molar-refractivity contribution in [2.45, 2.75) is 102 Å². The molecule has 0 saturated carbocycles. The lowest BCUT2D eigenvalue weighted by Crippen LogP contribution is -2.30. The molecule has 4 rings (SSSR count). The molecule has 1 atom stereocenters. The van der Waals surface area contributed by atoms with Crippen LogP contribution in [0.3, 0.4) is 0 Å². The van der Waals surface area contributed by atoms with Gasteiger partial charge >= 0.3 is 0 Å². The van der Waals surface area contributed by atoms with Crippen LogP contribution in [0.1, 0.15) is 120 Å². The van der Waals surface area contributed by atoms with Gasteiger partial charge in [0.1, 0.15) is 0 Å². The van der Waals surface area contributed by atoms with E-state index in [0.29, 0.717) is 23.8 Å². The molecule has 0 radical (unpaired) electrons. The summed E-state index contributed by atoms with van der Waals surface area (Å²) in [5, 5.41) is 3.85. The number of nitrogens with one attached hydrogen (secondary N) is 2. The molecule has 226 valence electrons. The Morgan fingerprint density at radius 1 is 0.690 bits per heavy atom. The van der Waals surface area contributed by atoms with Crippen LogP contribution in [-0.2, 0) is 0 Å². The Labute approximate surface area is 261 Å². The summed E-state index contributed by atoms with van der Waals surface area (Å²) in [5.41, 5.74) is 7.36. The maximum absolute atomic E-state index is 3.85. The van der Waals surface area contributed by atoms with Crippen LogP contribution >= 0.6 is 11.9 Å². The number of unbranched alkanes of at least 4 members (excludes halogenated alkanes) is 1. The minimum atomic E-state index is 0.301. The van der Waals surface area contributed by atoms with Crippen LogP contribution in [0.4, 0.5) is 0 Å². The number of hydrogen-bond donors (Lipinski definition) is 2. The van der Waals surface area contributed by atoms with Gasteiger partial charge in [0.25, 0.3) is 0 Å². The van der Waals surface area contributed by atoms with E-state index in [0.717, 1.165) is 25.9 Å². The van der Waals surface area contributed by atoms with Crippen molar-refractivity contribution in [3.8, 4) is 0 Å². The largest absolute Gasteiger partial charge is 0.309 e. The van der Waals surface area contributed by atoms with Crippen LogP contribution < -0.4 is 10.0 Å². The normalized spacial score (nSPS) is 13.7.